The number of rotatable bonds is 3. The SMILES string of the molecule is O=C(c1ccc(C(F)(F)F)cc1)N1CCN(Cc2c(Cl)ccc3cccnc23)CC1. The summed E-state index contributed by atoms with van der Waals surface area (Å²) >= 11 is 6.42. The van der Waals surface area contributed by atoms with Crippen molar-refractivity contribution in [2.24, 2.45) is 0 Å². The van der Waals surface area contributed by atoms with Crippen LogP contribution in [0.1, 0.15) is 21.5 Å². The summed E-state index contributed by atoms with van der Waals surface area (Å²) in [5.41, 5.74) is 1.33. The van der Waals surface area contributed by atoms with Crippen molar-refractivity contribution >= 4 is 28.4 Å². The maximum atomic E-state index is 12.7. The Hall–Kier alpha value is -2.64. The van der Waals surface area contributed by atoms with Gasteiger partial charge in [0, 0.05) is 60.5 Å². The largest absolute Gasteiger partial charge is 0.416 e. The van der Waals surface area contributed by atoms with Crippen molar-refractivity contribution in [3.8, 4) is 0 Å². The minimum absolute atomic E-state index is 0.256. The van der Waals surface area contributed by atoms with Gasteiger partial charge in [-0.3, -0.25) is 14.7 Å². The van der Waals surface area contributed by atoms with Gasteiger partial charge in [-0.25, -0.2) is 0 Å². The Kier molecular flexibility index (Phi) is 5.66. The van der Waals surface area contributed by atoms with Gasteiger partial charge < -0.3 is 4.90 Å². The zero-order chi connectivity index (χ0) is 21.3. The molecule has 156 valence electrons. The van der Waals surface area contributed by atoms with Crippen LogP contribution in [-0.4, -0.2) is 46.9 Å². The number of alkyl halides is 3. The molecule has 0 radical (unpaired) electrons. The van der Waals surface area contributed by atoms with E-state index < -0.39 is 11.7 Å². The minimum atomic E-state index is -4.41. The zero-order valence-electron chi connectivity index (χ0n) is 16.0. The van der Waals surface area contributed by atoms with E-state index in [1.54, 1.807) is 11.1 Å². The number of pyridine rings is 1. The first-order valence-corrected chi connectivity index (χ1v) is 9.92. The number of nitrogens with zero attached hydrogens (tertiary/aromatic N) is 3. The van der Waals surface area contributed by atoms with Crippen LogP contribution in [0.25, 0.3) is 10.9 Å². The molecule has 4 nitrogen and oxygen atoms in total. The first kappa shape index (κ1) is 20.6. The van der Waals surface area contributed by atoms with Crippen molar-refractivity contribution in [1.82, 2.24) is 14.8 Å². The summed E-state index contributed by atoms with van der Waals surface area (Å²) in [6, 6.07) is 12.0. The summed E-state index contributed by atoms with van der Waals surface area (Å²) in [6.45, 7) is 2.90. The number of aromatic nitrogens is 1. The van der Waals surface area contributed by atoms with Gasteiger partial charge in [0.25, 0.3) is 5.91 Å². The van der Waals surface area contributed by atoms with Gasteiger partial charge in [-0.05, 0) is 36.4 Å². The van der Waals surface area contributed by atoms with Crippen LogP contribution in [0.2, 0.25) is 5.02 Å². The third kappa shape index (κ3) is 4.27. The number of halogens is 4. The second kappa shape index (κ2) is 8.24. The third-order valence-electron chi connectivity index (χ3n) is 5.32. The molecule has 1 amide bonds. The van der Waals surface area contributed by atoms with Crippen molar-refractivity contribution in [2.45, 2.75) is 12.7 Å². The second-order valence-corrected chi connectivity index (χ2v) is 7.65. The Morgan fingerprint density at radius 3 is 2.37 bits per heavy atom. The highest BCUT2D eigenvalue weighted by Crippen LogP contribution is 2.29. The predicted octanol–water partition coefficient (Wildman–Crippen LogP) is 4.87. The highest BCUT2D eigenvalue weighted by atomic mass is 35.5. The Morgan fingerprint density at radius 1 is 1.00 bits per heavy atom. The lowest BCUT2D eigenvalue weighted by atomic mass is 10.1. The van der Waals surface area contributed by atoms with Crippen molar-refractivity contribution in [3.63, 3.8) is 0 Å². The molecule has 4 rings (SSSR count). The molecule has 1 aliphatic heterocycles. The molecule has 3 aromatic rings. The van der Waals surface area contributed by atoms with Gasteiger partial charge in [-0.15, -0.1) is 0 Å². The fraction of sp³-hybridized carbons (Fsp3) is 0.273. The zero-order valence-corrected chi connectivity index (χ0v) is 16.7. The van der Waals surface area contributed by atoms with Crippen molar-refractivity contribution in [3.05, 3.63) is 76.4 Å². The van der Waals surface area contributed by atoms with Crippen LogP contribution in [0.3, 0.4) is 0 Å². The number of carbonyl (C=O) groups is 1. The first-order valence-electron chi connectivity index (χ1n) is 9.54. The van der Waals surface area contributed by atoms with Crippen molar-refractivity contribution in [1.29, 1.82) is 0 Å². The van der Waals surface area contributed by atoms with Gasteiger partial charge in [0.05, 0.1) is 11.1 Å². The van der Waals surface area contributed by atoms with Gasteiger partial charge >= 0.3 is 6.18 Å². The number of carbonyl (C=O) groups excluding carboxylic acids is 1. The van der Waals surface area contributed by atoms with Crippen LogP contribution >= 0.6 is 11.6 Å². The molecule has 0 unspecified atom stereocenters. The van der Waals surface area contributed by atoms with Crippen LogP contribution < -0.4 is 0 Å². The van der Waals surface area contributed by atoms with Gasteiger partial charge in [0.2, 0.25) is 0 Å². The van der Waals surface area contributed by atoms with Crippen molar-refractivity contribution < 1.29 is 18.0 Å². The van der Waals surface area contributed by atoms with E-state index in [0.717, 1.165) is 28.6 Å². The molecule has 2 heterocycles. The molecule has 0 spiro atoms. The Labute approximate surface area is 176 Å². The van der Waals surface area contributed by atoms with E-state index in [9.17, 15) is 18.0 Å². The molecule has 1 fully saturated rings. The quantitative estimate of drug-likeness (QED) is 0.591. The van der Waals surface area contributed by atoms with E-state index >= 15 is 0 Å². The molecule has 0 saturated carbocycles. The number of amides is 1. The van der Waals surface area contributed by atoms with Crippen LogP contribution in [0.5, 0.6) is 0 Å². The summed E-state index contributed by atoms with van der Waals surface area (Å²) in [4.78, 5) is 21.0. The fourth-order valence-corrected chi connectivity index (χ4v) is 3.86. The molecular weight excluding hydrogens is 415 g/mol. The molecule has 1 aromatic heterocycles. The normalized spacial score (nSPS) is 15.5. The standard InChI is InChI=1S/C22H19ClF3N3O/c23-19-8-5-15-2-1-9-27-20(15)18(19)14-28-10-12-29(13-11-28)21(30)16-3-6-17(7-4-16)22(24,25)26/h1-9H,10-14H2. The summed E-state index contributed by atoms with van der Waals surface area (Å²) in [6.07, 6.45) is -2.67. The Bertz CT molecular complexity index is 1060. The van der Waals surface area contributed by atoms with Gasteiger partial charge in [0.15, 0.2) is 0 Å². The molecule has 2 aromatic carbocycles. The van der Waals surface area contributed by atoms with E-state index in [1.165, 1.54) is 12.1 Å². The fourth-order valence-electron chi connectivity index (χ4n) is 3.65. The number of hydrogen-bond acceptors (Lipinski definition) is 3. The highest BCUT2D eigenvalue weighted by molar-refractivity contribution is 6.32. The summed E-state index contributed by atoms with van der Waals surface area (Å²) < 4.78 is 38.1. The van der Waals surface area contributed by atoms with Crippen LogP contribution in [0.4, 0.5) is 13.2 Å². The molecule has 0 aliphatic carbocycles. The monoisotopic (exact) mass is 433 g/mol. The summed E-state index contributed by atoms with van der Waals surface area (Å²) in [5, 5.41) is 1.68. The lowest BCUT2D eigenvalue weighted by Crippen LogP contribution is -2.48. The Morgan fingerprint density at radius 2 is 1.70 bits per heavy atom. The lowest BCUT2D eigenvalue weighted by Gasteiger charge is -2.35. The van der Waals surface area contributed by atoms with Crippen LogP contribution in [0, 0.1) is 0 Å². The average Bonchev–Trinajstić information content (AvgIpc) is 2.75. The highest BCUT2D eigenvalue weighted by Gasteiger charge is 2.30. The molecule has 30 heavy (non-hydrogen) atoms. The molecule has 1 saturated heterocycles. The summed E-state index contributed by atoms with van der Waals surface area (Å²) in [5.74, 6) is -0.256. The average molecular weight is 434 g/mol. The maximum absolute atomic E-state index is 12.7. The maximum Gasteiger partial charge on any atom is 0.416 e. The topological polar surface area (TPSA) is 36.4 Å². The molecular formula is C22H19ClF3N3O. The van der Waals surface area contributed by atoms with E-state index in [0.29, 0.717) is 37.7 Å². The minimum Gasteiger partial charge on any atom is -0.336 e. The van der Waals surface area contributed by atoms with E-state index in [1.807, 2.05) is 24.3 Å². The molecule has 0 bridgehead atoms. The smallest absolute Gasteiger partial charge is 0.336 e. The predicted molar refractivity (Wildman–Crippen MR) is 109 cm³/mol. The molecule has 0 atom stereocenters. The third-order valence-corrected chi connectivity index (χ3v) is 5.68. The number of fused-ring (bicyclic) bond motifs is 1. The van der Waals surface area contributed by atoms with Gasteiger partial charge in [-0.2, -0.15) is 13.2 Å². The van der Waals surface area contributed by atoms with E-state index in [4.69, 9.17) is 11.6 Å². The number of benzene rings is 2. The second-order valence-electron chi connectivity index (χ2n) is 7.24. The molecule has 0 N–H and O–H groups in total. The molecule has 1 aliphatic rings. The van der Waals surface area contributed by atoms with E-state index in [-0.39, 0.29) is 11.5 Å². The van der Waals surface area contributed by atoms with Crippen molar-refractivity contribution in [2.75, 3.05) is 26.2 Å². The number of hydrogen-bond donors (Lipinski definition) is 0. The number of piperazine rings is 1. The lowest BCUT2D eigenvalue weighted by molar-refractivity contribution is -0.137. The van der Waals surface area contributed by atoms with Gasteiger partial charge in [-0.1, -0.05) is 23.7 Å². The Balaban J connectivity index is 1.41. The van der Waals surface area contributed by atoms with E-state index in [2.05, 4.69) is 9.88 Å². The first-order chi connectivity index (χ1) is 14.3. The van der Waals surface area contributed by atoms with Gasteiger partial charge in [0.1, 0.15) is 0 Å². The van der Waals surface area contributed by atoms with Crippen LogP contribution in [-0.2, 0) is 12.7 Å². The summed E-state index contributed by atoms with van der Waals surface area (Å²) in [7, 11) is 0. The molecule has 8 heteroatoms. The van der Waals surface area contributed by atoms with Crippen LogP contribution in [0.15, 0.2) is 54.7 Å².